The van der Waals surface area contributed by atoms with Crippen LogP contribution in [0.4, 0.5) is 0 Å². The van der Waals surface area contributed by atoms with Gasteiger partial charge in [-0.3, -0.25) is 23.7 Å². The number of benzene rings is 2. The van der Waals surface area contributed by atoms with Crippen molar-refractivity contribution in [1.82, 2.24) is 19.1 Å². The molecule has 0 aliphatic rings. The number of nitrogens with zero attached hydrogens (tertiary/aromatic N) is 4. The van der Waals surface area contributed by atoms with Crippen LogP contribution in [0.25, 0.3) is 21.8 Å². The van der Waals surface area contributed by atoms with Crippen LogP contribution in [0.15, 0.2) is 94.8 Å². The van der Waals surface area contributed by atoms with Crippen molar-refractivity contribution in [3.05, 3.63) is 117 Å². The average molecular weight is 422 g/mol. The van der Waals surface area contributed by atoms with E-state index in [1.165, 1.54) is 10.8 Å². The molecule has 0 aliphatic heterocycles. The molecule has 5 rings (SSSR count). The summed E-state index contributed by atoms with van der Waals surface area (Å²) in [5.41, 5.74) is 0.439. The minimum Gasteiger partial charge on any atom is -0.292 e. The van der Waals surface area contributed by atoms with Crippen LogP contribution in [0, 0.1) is 0 Å². The molecule has 0 aliphatic carbocycles. The molecule has 5 aromatic rings. The van der Waals surface area contributed by atoms with Gasteiger partial charge in [-0.1, -0.05) is 42.5 Å². The molecule has 0 spiro atoms. The second-order valence-electron chi connectivity index (χ2n) is 7.44. The standard InChI is InChI=1S/C25H18N4O3/c30-22(19-11-10-17-6-1-2-7-18(17)14-19)16-28-21-9-5-13-27-23(21)24(31)29(25(28)32)15-20-8-3-4-12-26-20/h1-14H,15-16H2. The van der Waals surface area contributed by atoms with Crippen LogP contribution in [0.2, 0.25) is 0 Å². The molecule has 2 aromatic carbocycles. The van der Waals surface area contributed by atoms with Gasteiger partial charge in [0.05, 0.1) is 24.3 Å². The molecule has 0 unspecified atom stereocenters. The Kier molecular flexibility index (Phi) is 4.91. The maximum absolute atomic E-state index is 13.3. The van der Waals surface area contributed by atoms with Crippen LogP contribution in [0.3, 0.4) is 0 Å². The van der Waals surface area contributed by atoms with Gasteiger partial charge in [-0.05, 0) is 41.1 Å². The third-order valence-electron chi connectivity index (χ3n) is 5.41. The highest BCUT2D eigenvalue weighted by atomic mass is 16.2. The minimum absolute atomic E-state index is 0.00478. The van der Waals surface area contributed by atoms with Crippen LogP contribution in [-0.2, 0) is 13.1 Å². The summed E-state index contributed by atoms with van der Waals surface area (Å²) < 4.78 is 2.38. The average Bonchev–Trinajstić information content (AvgIpc) is 2.84. The van der Waals surface area contributed by atoms with Crippen molar-refractivity contribution < 1.29 is 4.79 Å². The van der Waals surface area contributed by atoms with E-state index in [0.717, 1.165) is 15.3 Å². The number of fused-ring (bicyclic) bond motifs is 2. The highest BCUT2D eigenvalue weighted by molar-refractivity contribution is 6.00. The second-order valence-corrected chi connectivity index (χ2v) is 7.44. The summed E-state index contributed by atoms with van der Waals surface area (Å²) in [6.07, 6.45) is 3.09. The summed E-state index contributed by atoms with van der Waals surface area (Å²) >= 11 is 0. The van der Waals surface area contributed by atoms with Gasteiger partial charge in [-0.25, -0.2) is 9.78 Å². The molecule has 32 heavy (non-hydrogen) atoms. The van der Waals surface area contributed by atoms with Crippen molar-refractivity contribution in [2.75, 3.05) is 0 Å². The van der Waals surface area contributed by atoms with E-state index in [1.807, 2.05) is 36.4 Å². The van der Waals surface area contributed by atoms with Gasteiger partial charge in [0.15, 0.2) is 11.3 Å². The van der Waals surface area contributed by atoms with E-state index >= 15 is 0 Å². The Balaban J connectivity index is 1.61. The molecule has 0 atom stereocenters. The van der Waals surface area contributed by atoms with Crippen molar-refractivity contribution in [3.8, 4) is 0 Å². The van der Waals surface area contributed by atoms with E-state index < -0.39 is 11.2 Å². The first kappa shape index (κ1) is 19.6. The lowest BCUT2D eigenvalue weighted by molar-refractivity contribution is 0.0971. The van der Waals surface area contributed by atoms with E-state index in [2.05, 4.69) is 9.97 Å². The maximum Gasteiger partial charge on any atom is 0.332 e. The smallest absolute Gasteiger partial charge is 0.292 e. The summed E-state index contributed by atoms with van der Waals surface area (Å²) in [5, 5.41) is 1.97. The molecule has 0 saturated heterocycles. The Labute approximate surface area is 182 Å². The molecule has 3 heterocycles. The SMILES string of the molecule is O=C(Cn1c(=O)n(Cc2ccccn2)c(=O)c2ncccc21)c1ccc2ccccc2c1. The van der Waals surface area contributed by atoms with Gasteiger partial charge < -0.3 is 0 Å². The molecule has 3 aromatic heterocycles. The van der Waals surface area contributed by atoms with Gasteiger partial charge in [0, 0.05) is 18.0 Å². The lowest BCUT2D eigenvalue weighted by Crippen LogP contribution is -2.41. The number of ketones is 1. The number of aromatic nitrogens is 4. The third-order valence-corrected chi connectivity index (χ3v) is 5.41. The van der Waals surface area contributed by atoms with Gasteiger partial charge >= 0.3 is 5.69 Å². The molecule has 0 bridgehead atoms. The van der Waals surface area contributed by atoms with E-state index in [-0.39, 0.29) is 24.4 Å². The van der Waals surface area contributed by atoms with E-state index in [4.69, 9.17) is 0 Å². The molecule has 0 saturated carbocycles. The molecule has 7 heteroatoms. The number of pyridine rings is 2. The normalized spacial score (nSPS) is 11.1. The summed E-state index contributed by atoms with van der Waals surface area (Å²) in [6, 6.07) is 21.8. The van der Waals surface area contributed by atoms with E-state index in [9.17, 15) is 14.4 Å². The fourth-order valence-corrected chi connectivity index (χ4v) is 3.79. The highest BCUT2D eigenvalue weighted by Crippen LogP contribution is 2.17. The van der Waals surface area contributed by atoms with Crippen molar-refractivity contribution in [2.45, 2.75) is 13.1 Å². The van der Waals surface area contributed by atoms with Crippen LogP contribution >= 0.6 is 0 Å². The number of hydrogen-bond donors (Lipinski definition) is 0. The largest absolute Gasteiger partial charge is 0.332 e. The maximum atomic E-state index is 13.3. The number of carbonyl (C=O) groups is 1. The van der Waals surface area contributed by atoms with Crippen molar-refractivity contribution in [2.24, 2.45) is 0 Å². The first-order chi connectivity index (χ1) is 15.6. The summed E-state index contributed by atoms with van der Waals surface area (Å²) in [7, 11) is 0. The molecule has 0 N–H and O–H groups in total. The molecular formula is C25H18N4O3. The third kappa shape index (κ3) is 3.50. The van der Waals surface area contributed by atoms with Crippen molar-refractivity contribution in [1.29, 1.82) is 0 Å². The predicted molar refractivity (Wildman–Crippen MR) is 122 cm³/mol. The summed E-state index contributed by atoms with van der Waals surface area (Å²) in [4.78, 5) is 47.8. The van der Waals surface area contributed by atoms with Crippen LogP contribution < -0.4 is 11.2 Å². The summed E-state index contributed by atoms with van der Waals surface area (Å²) in [6.45, 7) is -0.211. The Bertz CT molecular complexity index is 1590. The Morgan fingerprint density at radius 2 is 1.56 bits per heavy atom. The topological polar surface area (TPSA) is 86.9 Å². The molecular weight excluding hydrogens is 404 g/mol. The Morgan fingerprint density at radius 1 is 0.781 bits per heavy atom. The quantitative estimate of drug-likeness (QED) is 0.406. The van der Waals surface area contributed by atoms with Gasteiger partial charge in [-0.15, -0.1) is 0 Å². The predicted octanol–water partition coefficient (Wildman–Crippen LogP) is 3.04. The van der Waals surface area contributed by atoms with Crippen molar-refractivity contribution in [3.63, 3.8) is 0 Å². The fourth-order valence-electron chi connectivity index (χ4n) is 3.79. The highest BCUT2D eigenvalue weighted by Gasteiger charge is 2.17. The van der Waals surface area contributed by atoms with Crippen molar-refractivity contribution >= 4 is 27.6 Å². The minimum atomic E-state index is -0.574. The monoisotopic (exact) mass is 422 g/mol. The van der Waals surface area contributed by atoms with E-state index in [0.29, 0.717) is 16.8 Å². The Morgan fingerprint density at radius 3 is 2.38 bits per heavy atom. The summed E-state index contributed by atoms with van der Waals surface area (Å²) in [5.74, 6) is -0.231. The molecule has 7 nitrogen and oxygen atoms in total. The van der Waals surface area contributed by atoms with Crippen LogP contribution in [0.5, 0.6) is 0 Å². The van der Waals surface area contributed by atoms with Crippen LogP contribution in [-0.4, -0.2) is 24.9 Å². The zero-order valence-electron chi connectivity index (χ0n) is 17.0. The second kappa shape index (κ2) is 8.03. The molecule has 156 valence electrons. The molecule has 0 radical (unpaired) electrons. The fraction of sp³-hybridized carbons (Fsp3) is 0.0800. The lowest BCUT2D eigenvalue weighted by Gasteiger charge is -2.13. The zero-order chi connectivity index (χ0) is 22.1. The van der Waals surface area contributed by atoms with Gasteiger partial charge in [0.2, 0.25) is 0 Å². The van der Waals surface area contributed by atoms with Gasteiger partial charge in [0.1, 0.15) is 0 Å². The number of carbonyl (C=O) groups excluding carboxylic acids is 1. The van der Waals surface area contributed by atoms with E-state index in [1.54, 1.807) is 42.6 Å². The van der Waals surface area contributed by atoms with Crippen LogP contribution in [0.1, 0.15) is 16.1 Å². The first-order valence-corrected chi connectivity index (χ1v) is 10.1. The van der Waals surface area contributed by atoms with Gasteiger partial charge in [0.25, 0.3) is 5.56 Å². The number of rotatable bonds is 5. The lowest BCUT2D eigenvalue weighted by atomic mass is 10.0. The molecule has 0 fully saturated rings. The zero-order valence-corrected chi connectivity index (χ0v) is 17.0. The van der Waals surface area contributed by atoms with Gasteiger partial charge in [-0.2, -0.15) is 0 Å². The number of Topliss-reactive ketones (excluding diaryl/α,β-unsaturated/α-hetero) is 1. The Hall–Kier alpha value is -4.39. The first-order valence-electron chi connectivity index (χ1n) is 10.1. The molecule has 0 amide bonds. The number of hydrogen-bond acceptors (Lipinski definition) is 5.